The van der Waals surface area contributed by atoms with Crippen LogP contribution in [-0.2, 0) is 17.5 Å². The molecule has 0 fully saturated rings. The second-order valence-corrected chi connectivity index (χ2v) is 6.26. The van der Waals surface area contributed by atoms with E-state index in [0.29, 0.717) is 5.69 Å². The fraction of sp³-hybridized carbons (Fsp3) is 0.300. The highest BCUT2D eigenvalue weighted by molar-refractivity contribution is 5.94. The lowest BCUT2D eigenvalue weighted by atomic mass is 10.1. The minimum atomic E-state index is -4.44. The molecule has 0 aromatic heterocycles. The van der Waals surface area contributed by atoms with Crippen LogP contribution < -0.4 is 10.6 Å². The van der Waals surface area contributed by atoms with Gasteiger partial charge < -0.3 is 10.6 Å². The molecule has 0 aliphatic rings. The molecule has 2 aromatic carbocycles. The third kappa shape index (κ3) is 5.84. The number of anilines is 1. The molecule has 7 heteroatoms. The highest BCUT2D eigenvalue weighted by Gasteiger charge is 2.30. The molecule has 0 saturated carbocycles. The van der Waals surface area contributed by atoms with Gasteiger partial charge in [-0.25, -0.2) is 0 Å². The average Bonchev–Trinajstić information content (AvgIpc) is 2.65. The number of amides is 2. The minimum absolute atomic E-state index is 0.0801. The summed E-state index contributed by atoms with van der Waals surface area (Å²) in [6, 6.07) is 11.1. The van der Waals surface area contributed by atoms with Crippen LogP contribution in [-0.4, -0.2) is 11.8 Å². The van der Waals surface area contributed by atoms with Gasteiger partial charge in [0, 0.05) is 23.7 Å². The summed E-state index contributed by atoms with van der Waals surface area (Å²) in [5, 5.41) is 5.47. The number of carbonyl (C=O) groups is 2. The third-order valence-corrected chi connectivity index (χ3v) is 4.18. The molecule has 0 unspecified atom stereocenters. The van der Waals surface area contributed by atoms with Gasteiger partial charge in [0.25, 0.3) is 5.91 Å². The summed E-state index contributed by atoms with van der Waals surface area (Å²) >= 11 is 0. The van der Waals surface area contributed by atoms with Crippen molar-refractivity contribution in [1.29, 1.82) is 0 Å². The van der Waals surface area contributed by atoms with E-state index in [1.165, 1.54) is 0 Å². The average molecular weight is 378 g/mol. The van der Waals surface area contributed by atoms with E-state index in [0.717, 1.165) is 36.2 Å². The number of alkyl halides is 3. The van der Waals surface area contributed by atoms with Crippen LogP contribution in [0.2, 0.25) is 0 Å². The summed E-state index contributed by atoms with van der Waals surface area (Å²) in [5.41, 5.74) is 0.729. The Morgan fingerprint density at radius 3 is 2.33 bits per heavy atom. The fourth-order valence-corrected chi connectivity index (χ4v) is 2.30. The number of halogens is 3. The number of nitrogens with one attached hydrogen (secondary N) is 2. The van der Waals surface area contributed by atoms with Gasteiger partial charge in [0.1, 0.15) is 0 Å². The topological polar surface area (TPSA) is 58.2 Å². The molecule has 1 atom stereocenters. The van der Waals surface area contributed by atoms with Crippen LogP contribution in [0.3, 0.4) is 0 Å². The largest absolute Gasteiger partial charge is 0.416 e. The summed E-state index contributed by atoms with van der Waals surface area (Å²) in [6.45, 7) is 3.95. The molecule has 0 spiro atoms. The van der Waals surface area contributed by atoms with Crippen LogP contribution >= 0.6 is 0 Å². The fourth-order valence-electron chi connectivity index (χ4n) is 2.30. The third-order valence-electron chi connectivity index (χ3n) is 4.18. The maximum absolute atomic E-state index is 12.6. The van der Waals surface area contributed by atoms with Gasteiger partial charge in [-0.15, -0.1) is 0 Å². The van der Waals surface area contributed by atoms with Crippen LogP contribution in [0, 0.1) is 5.92 Å². The maximum Gasteiger partial charge on any atom is 0.416 e. The number of hydrogen-bond donors (Lipinski definition) is 2. The monoisotopic (exact) mass is 378 g/mol. The second-order valence-electron chi connectivity index (χ2n) is 6.26. The van der Waals surface area contributed by atoms with Gasteiger partial charge in [-0.3, -0.25) is 9.59 Å². The van der Waals surface area contributed by atoms with Crippen molar-refractivity contribution in [1.82, 2.24) is 5.32 Å². The van der Waals surface area contributed by atoms with E-state index in [1.807, 2.05) is 13.8 Å². The van der Waals surface area contributed by atoms with Crippen molar-refractivity contribution in [2.75, 3.05) is 5.32 Å². The number of carbonyl (C=O) groups excluding carboxylic acids is 2. The van der Waals surface area contributed by atoms with Crippen molar-refractivity contribution in [3.63, 3.8) is 0 Å². The van der Waals surface area contributed by atoms with E-state index in [2.05, 4.69) is 10.6 Å². The molecule has 0 heterocycles. The SMILES string of the molecule is CC[C@@H](C)C(=O)Nc1cccc(CNC(=O)c2ccc(C(F)(F)F)cc2)c1. The van der Waals surface area contributed by atoms with Gasteiger partial charge in [0.2, 0.25) is 5.91 Å². The first kappa shape index (κ1) is 20.5. The Hall–Kier alpha value is -2.83. The number of rotatable bonds is 6. The first-order valence-corrected chi connectivity index (χ1v) is 8.56. The zero-order valence-corrected chi connectivity index (χ0v) is 15.1. The predicted octanol–water partition coefficient (Wildman–Crippen LogP) is 4.62. The number of benzene rings is 2. The van der Waals surface area contributed by atoms with E-state index >= 15 is 0 Å². The van der Waals surface area contributed by atoms with E-state index in [4.69, 9.17) is 0 Å². The smallest absolute Gasteiger partial charge is 0.348 e. The quantitative estimate of drug-likeness (QED) is 0.771. The molecule has 0 saturated heterocycles. The van der Waals surface area contributed by atoms with Crippen molar-refractivity contribution in [3.8, 4) is 0 Å². The molecule has 2 amide bonds. The summed E-state index contributed by atoms with van der Waals surface area (Å²) in [4.78, 5) is 24.1. The Bertz CT molecular complexity index is 802. The molecular formula is C20H21F3N2O2. The van der Waals surface area contributed by atoms with Crippen molar-refractivity contribution in [2.45, 2.75) is 33.0 Å². The van der Waals surface area contributed by atoms with Crippen molar-refractivity contribution in [3.05, 3.63) is 65.2 Å². The molecule has 2 N–H and O–H groups in total. The van der Waals surface area contributed by atoms with Crippen LogP contribution in [0.25, 0.3) is 0 Å². The lowest BCUT2D eigenvalue weighted by Gasteiger charge is -2.12. The summed E-state index contributed by atoms with van der Waals surface area (Å²) in [6.07, 6.45) is -3.70. The Morgan fingerprint density at radius 2 is 1.74 bits per heavy atom. The molecule has 2 rings (SSSR count). The lowest BCUT2D eigenvalue weighted by Crippen LogP contribution is -2.23. The predicted molar refractivity (Wildman–Crippen MR) is 97.1 cm³/mol. The van der Waals surface area contributed by atoms with Gasteiger partial charge >= 0.3 is 6.18 Å². The van der Waals surface area contributed by atoms with Crippen molar-refractivity contribution in [2.24, 2.45) is 5.92 Å². The van der Waals surface area contributed by atoms with E-state index in [-0.39, 0.29) is 23.9 Å². The Balaban J connectivity index is 1.97. The van der Waals surface area contributed by atoms with Crippen LogP contribution in [0.1, 0.15) is 41.8 Å². The molecule has 144 valence electrons. The van der Waals surface area contributed by atoms with Gasteiger partial charge in [-0.1, -0.05) is 26.0 Å². The van der Waals surface area contributed by atoms with Gasteiger partial charge in [0.05, 0.1) is 5.56 Å². The zero-order chi connectivity index (χ0) is 20.0. The van der Waals surface area contributed by atoms with Crippen molar-refractivity contribution >= 4 is 17.5 Å². The summed E-state index contributed by atoms with van der Waals surface area (Å²) in [7, 11) is 0. The molecule has 2 aromatic rings. The first-order chi connectivity index (χ1) is 12.7. The Labute approximate surface area is 155 Å². The van der Waals surface area contributed by atoms with Crippen LogP contribution in [0.15, 0.2) is 48.5 Å². The highest BCUT2D eigenvalue weighted by Crippen LogP contribution is 2.29. The number of hydrogen-bond acceptors (Lipinski definition) is 2. The summed E-state index contributed by atoms with van der Waals surface area (Å²) < 4.78 is 37.7. The molecular weight excluding hydrogens is 357 g/mol. The Morgan fingerprint density at radius 1 is 1.07 bits per heavy atom. The molecule has 0 aliphatic carbocycles. The molecule has 0 bridgehead atoms. The molecule has 4 nitrogen and oxygen atoms in total. The van der Waals surface area contributed by atoms with Gasteiger partial charge in [-0.05, 0) is 48.4 Å². The normalized spacial score (nSPS) is 12.3. The molecule has 27 heavy (non-hydrogen) atoms. The van der Waals surface area contributed by atoms with Gasteiger partial charge in [0.15, 0.2) is 0 Å². The lowest BCUT2D eigenvalue weighted by molar-refractivity contribution is -0.137. The highest BCUT2D eigenvalue weighted by atomic mass is 19.4. The second kappa shape index (κ2) is 8.70. The minimum Gasteiger partial charge on any atom is -0.348 e. The van der Waals surface area contributed by atoms with Crippen LogP contribution in [0.5, 0.6) is 0 Å². The summed E-state index contributed by atoms with van der Waals surface area (Å²) in [5.74, 6) is -0.658. The van der Waals surface area contributed by atoms with Crippen LogP contribution in [0.4, 0.5) is 18.9 Å². The Kier molecular flexibility index (Phi) is 6.60. The first-order valence-electron chi connectivity index (χ1n) is 8.56. The molecule has 0 radical (unpaired) electrons. The standard InChI is InChI=1S/C20H21F3N2O2/c1-3-13(2)18(26)25-17-6-4-5-14(11-17)12-24-19(27)15-7-9-16(10-8-15)20(21,22)23/h4-11,13H,3,12H2,1-2H3,(H,24,27)(H,25,26)/t13-/m1/s1. The molecule has 0 aliphatic heterocycles. The van der Waals surface area contributed by atoms with E-state index in [9.17, 15) is 22.8 Å². The maximum atomic E-state index is 12.6. The zero-order valence-electron chi connectivity index (χ0n) is 15.1. The van der Waals surface area contributed by atoms with Gasteiger partial charge in [-0.2, -0.15) is 13.2 Å². The van der Waals surface area contributed by atoms with E-state index < -0.39 is 17.6 Å². The van der Waals surface area contributed by atoms with E-state index in [1.54, 1.807) is 24.3 Å². The van der Waals surface area contributed by atoms with Crippen molar-refractivity contribution < 1.29 is 22.8 Å².